The van der Waals surface area contributed by atoms with Gasteiger partial charge in [-0.2, -0.15) is 10.5 Å². The molecule has 0 aliphatic carbocycles. The van der Waals surface area contributed by atoms with E-state index in [0.717, 1.165) is 22.6 Å². The van der Waals surface area contributed by atoms with Gasteiger partial charge in [-0.1, -0.05) is 0 Å². The lowest BCUT2D eigenvalue weighted by molar-refractivity contribution is 0.0528. The van der Waals surface area contributed by atoms with Crippen LogP contribution in [0.1, 0.15) is 60.0 Å². The largest absolute Gasteiger partial charge is 0.456 e. The molecule has 2 aliphatic heterocycles. The topological polar surface area (TPSA) is 233 Å². The van der Waals surface area contributed by atoms with Crippen LogP contribution in [0.5, 0.6) is 23.0 Å². The fourth-order valence-corrected chi connectivity index (χ4v) is 7.76. The monoisotopic (exact) mass is 930 g/mol. The number of morpholine rings is 2. The van der Waals surface area contributed by atoms with Gasteiger partial charge >= 0.3 is 6.09 Å². The number of hydrogen-bond acceptors (Lipinski definition) is 17. The van der Waals surface area contributed by atoms with Crippen molar-refractivity contribution < 1.29 is 28.5 Å². The molecule has 354 valence electrons. The van der Waals surface area contributed by atoms with E-state index in [-0.39, 0.29) is 6.42 Å². The highest BCUT2D eigenvalue weighted by Gasteiger charge is 2.22. The first-order valence-electron chi connectivity index (χ1n) is 22.8. The molecule has 0 spiro atoms. The number of nitriles is 2. The molecule has 0 bridgehead atoms. The number of nitrogens with two attached hydrogens (primary N) is 1. The molecular formula is C51H54N12O6. The number of alkyl carbamates (subject to hydrolysis) is 1. The summed E-state index contributed by atoms with van der Waals surface area (Å²) in [6.07, 6.45) is 7.71. The molecule has 4 aromatic heterocycles. The fraction of sp³-hybridized carbons (Fsp3) is 0.353. The van der Waals surface area contributed by atoms with E-state index in [4.69, 9.17) is 49.4 Å². The molecular weight excluding hydrogens is 877 g/mol. The molecule has 0 unspecified atom stereocenters. The second kappa shape index (κ2) is 21.9. The zero-order chi connectivity index (χ0) is 48.3. The first-order valence-corrected chi connectivity index (χ1v) is 22.8. The summed E-state index contributed by atoms with van der Waals surface area (Å²) in [6, 6.07) is 20.7. The Kier molecular flexibility index (Phi) is 15.1. The van der Waals surface area contributed by atoms with Gasteiger partial charge < -0.3 is 44.5 Å². The number of anilines is 2. The van der Waals surface area contributed by atoms with Crippen molar-refractivity contribution >= 4 is 17.7 Å². The average molecular weight is 931 g/mol. The number of nitrogens with zero attached hydrogens (tertiary/aromatic N) is 10. The predicted molar refractivity (Wildman–Crippen MR) is 257 cm³/mol. The Balaban J connectivity index is 1.16. The molecule has 2 fully saturated rings. The molecule has 6 aromatic rings. The van der Waals surface area contributed by atoms with Gasteiger partial charge in [0.1, 0.15) is 40.2 Å². The lowest BCUT2D eigenvalue weighted by Crippen LogP contribution is -2.36. The second-order valence-corrected chi connectivity index (χ2v) is 17.5. The highest BCUT2D eigenvalue weighted by molar-refractivity contribution is 5.70. The Morgan fingerprint density at radius 2 is 1.32 bits per heavy atom. The molecule has 18 heteroatoms. The van der Waals surface area contributed by atoms with E-state index in [2.05, 4.69) is 37.2 Å². The number of rotatable bonds is 15. The standard InChI is InChI=1S/C51H54N12O6/c1-33-19-40(25-46(60-33)62-11-15-65-16-12-62)67-45-23-38(28-54)37(22-43(45)49-58-31-36(32-59-49)8-10-55-50(64)69-51(2,3)4)21-39-24-41(26-47(61-39)63-13-17-66-18-14-63)68-44-20-34(27-53)5-6-42(44)48-56-29-35(7-9-52)30-57-48/h5-6,19-20,22-26,29-32H,7-18,21,52H2,1-4H3,(H,55,64). The Morgan fingerprint density at radius 3 is 1.91 bits per heavy atom. The lowest BCUT2D eigenvalue weighted by atomic mass is 9.98. The Bertz CT molecular complexity index is 2850. The molecule has 3 N–H and O–H groups in total. The van der Waals surface area contributed by atoms with E-state index < -0.39 is 11.7 Å². The van der Waals surface area contributed by atoms with Crippen LogP contribution in [0.15, 0.2) is 79.4 Å². The minimum atomic E-state index is -0.616. The van der Waals surface area contributed by atoms with Crippen LogP contribution < -0.4 is 30.3 Å². The maximum atomic E-state index is 12.3. The van der Waals surface area contributed by atoms with Crippen molar-refractivity contribution in [1.29, 1.82) is 10.5 Å². The van der Waals surface area contributed by atoms with Crippen molar-refractivity contribution in [3.8, 4) is 57.9 Å². The summed E-state index contributed by atoms with van der Waals surface area (Å²) in [5, 5.41) is 23.4. The van der Waals surface area contributed by atoms with E-state index in [0.29, 0.717) is 153 Å². The molecule has 69 heavy (non-hydrogen) atoms. The van der Waals surface area contributed by atoms with Crippen LogP contribution in [0.2, 0.25) is 0 Å². The van der Waals surface area contributed by atoms with Gasteiger partial charge in [-0.25, -0.2) is 34.7 Å². The van der Waals surface area contributed by atoms with Gasteiger partial charge in [0, 0.05) is 93.9 Å². The normalized spacial score (nSPS) is 13.8. The third-order valence-corrected chi connectivity index (χ3v) is 11.1. The summed E-state index contributed by atoms with van der Waals surface area (Å²) in [7, 11) is 0. The number of aromatic nitrogens is 6. The third-order valence-electron chi connectivity index (χ3n) is 11.1. The number of benzene rings is 2. The van der Waals surface area contributed by atoms with Crippen LogP contribution in [-0.4, -0.2) is 107 Å². The third kappa shape index (κ3) is 12.6. The smallest absolute Gasteiger partial charge is 0.407 e. The zero-order valence-corrected chi connectivity index (χ0v) is 39.2. The van der Waals surface area contributed by atoms with Crippen LogP contribution >= 0.6 is 0 Å². The van der Waals surface area contributed by atoms with E-state index in [1.165, 1.54) is 0 Å². The quantitative estimate of drug-likeness (QED) is 0.107. The van der Waals surface area contributed by atoms with Gasteiger partial charge in [-0.05, 0) is 94.1 Å². The van der Waals surface area contributed by atoms with E-state index in [1.807, 2.05) is 58.0 Å². The van der Waals surface area contributed by atoms with Crippen LogP contribution in [0.4, 0.5) is 16.4 Å². The van der Waals surface area contributed by atoms with Crippen LogP contribution in [-0.2, 0) is 33.5 Å². The number of hydrogen-bond donors (Lipinski definition) is 2. The van der Waals surface area contributed by atoms with Gasteiger partial charge in [0.2, 0.25) is 0 Å². The summed E-state index contributed by atoms with van der Waals surface area (Å²) in [4.78, 5) is 45.2. The average Bonchev–Trinajstić information content (AvgIpc) is 3.34. The van der Waals surface area contributed by atoms with Crippen LogP contribution in [0, 0.1) is 29.6 Å². The van der Waals surface area contributed by atoms with Crippen LogP contribution in [0.25, 0.3) is 22.8 Å². The number of amides is 1. The summed E-state index contributed by atoms with van der Waals surface area (Å²) >= 11 is 0. The highest BCUT2D eigenvalue weighted by atomic mass is 16.6. The van der Waals surface area contributed by atoms with Crippen molar-refractivity contribution in [2.24, 2.45) is 5.73 Å². The first kappa shape index (κ1) is 47.7. The Morgan fingerprint density at radius 1 is 0.739 bits per heavy atom. The molecule has 6 heterocycles. The molecule has 0 atom stereocenters. The van der Waals surface area contributed by atoms with Crippen molar-refractivity contribution in [2.45, 2.75) is 52.6 Å². The number of carbonyl (C=O) groups excluding carboxylic acids is 1. The lowest BCUT2D eigenvalue weighted by Gasteiger charge is -2.28. The molecule has 2 aliphatic rings. The maximum absolute atomic E-state index is 12.3. The number of aryl methyl sites for hydroxylation is 1. The van der Waals surface area contributed by atoms with Gasteiger partial charge in [-0.15, -0.1) is 0 Å². The summed E-state index contributed by atoms with van der Waals surface area (Å²) in [6.45, 7) is 13.0. The summed E-state index contributed by atoms with van der Waals surface area (Å²) in [5.41, 5.74) is 10.8. The first-order chi connectivity index (χ1) is 33.4. The molecule has 0 radical (unpaired) electrons. The van der Waals surface area contributed by atoms with E-state index >= 15 is 0 Å². The Hall–Kier alpha value is -7.77. The molecule has 2 saturated heterocycles. The van der Waals surface area contributed by atoms with Gasteiger partial charge in [0.25, 0.3) is 0 Å². The molecule has 2 aromatic carbocycles. The second-order valence-electron chi connectivity index (χ2n) is 17.5. The SMILES string of the molecule is Cc1cc(Oc2cc(C#N)c(Cc3cc(Oc4cc(C#N)ccc4-c4ncc(CCN)cn4)cc(N4CCOCC4)n3)cc2-c2ncc(CCNC(=O)OC(C)(C)C)cn2)cc(N2CCOCC2)n1. The summed E-state index contributed by atoms with van der Waals surface area (Å²) in [5.74, 6) is 3.96. The summed E-state index contributed by atoms with van der Waals surface area (Å²) < 4.78 is 30.0. The number of carbonyl (C=O) groups is 1. The van der Waals surface area contributed by atoms with Gasteiger partial charge in [0.05, 0.1) is 66.5 Å². The zero-order valence-electron chi connectivity index (χ0n) is 39.2. The van der Waals surface area contributed by atoms with E-state index in [1.54, 1.807) is 49.1 Å². The Labute approximate surface area is 401 Å². The van der Waals surface area contributed by atoms with Crippen molar-refractivity contribution in [3.63, 3.8) is 0 Å². The molecule has 8 rings (SSSR count). The number of pyridine rings is 2. The minimum Gasteiger partial charge on any atom is -0.456 e. The fourth-order valence-electron chi connectivity index (χ4n) is 7.76. The number of ether oxygens (including phenoxy) is 5. The van der Waals surface area contributed by atoms with Gasteiger partial charge in [-0.3, -0.25) is 0 Å². The highest BCUT2D eigenvalue weighted by Crippen LogP contribution is 2.38. The van der Waals surface area contributed by atoms with Crippen molar-refractivity contribution in [1.82, 2.24) is 35.2 Å². The van der Waals surface area contributed by atoms with Crippen molar-refractivity contribution in [2.75, 3.05) is 75.5 Å². The number of nitrogens with one attached hydrogen (secondary N) is 1. The predicted octanol–water partition coefficient (Wildman–Crippen LogP) is 6.86. The maximum Gasteiger partial charge on any atom is 0.407 e. The molecule has 0 saturated carbocycles. The van der Waals surface area contributed by atoms with Crippen molar-refractivity contribution in [3.05, 3.63) is 119 Å². The van der Waals surface area contributed by atoms with Crippen LogP contribution in [0.3, 0.4) is 0 Å². The minimum absolute atomic E-state index is 0.214. The van der Waals surface area contributed by atoms with E-state index in [9.17, 15) is 15.3 Å². The molecule has 18 nitrogen and oxygen atoms in total. The van der Waals surface area contributed by atoms with Gasteiger partial charge in [0.15, 0.2) is 11.6 Å². The molecule has 1 amide bonds.